The number of ether oxygens (including phenoxy) is 1. The fraction of sp³-hybridized carbons (Fsp3) is 0.444. The van der Waals surface area contributed by atoms with Crippen molar-refractivity contribution >= 4 is 5.97 Å². The van der Waals surface area contributed by atoms with Crippen LogP contribution in [0.15, 0.2) is 18.6 Å². The van der Waals surface area contributed by atoms with Crippen LogP contribution in [0.4, 0.5) is 0 Å². The van der Waals surface area contributed by atoms with E-state index in [1.165, 1.54) is 0 Å². The second-order valence-corrected chi connectivity index (χ2v) is 2.91. The van der Waals surface area contributed by atoms with E-state index in [1.54, 1.807) is 6.20 Å². The Kier molecular flexibility index (Phi) is 4.00. The number of carboxylic acids is 1. The first kappa shape index (κ1) is 10.6. The van der Waals surface area contributed by atoms with E-state index in [0.29, 0.717) is 13.0 Å². The van der Waals surface area contributed by atoms with E-state index in [1.807, 2.05) is 24.0 Å². The van der Waals surface area contributed by atoms with Gasteiger partial charge in [0, 0.05) is 6.42 Å². The van der Waals surface area contributed by atoms with E-state index in [0.717, 1.165) is 5.69 Å². The minimum Gasteiger partial charge on any atom is -0.480 e. The van der Waals surface area contributed by atoms with Gasteiger partial charge < -0.3 is 9.84 Å². The molecule has 0 radical (unpaired) electrons. The largest absolute Gasteiger partial charge is 0.480 e. The first-order valence-electron chi connectivity index (χ1n) is 4.28. The van der Waals surface area contributed by atoms with Crippen molar-refractivity contribution < 1.29 is 19.2 Å². The number of aryl methyl sites for hydroxylation is 1. The number of carbonyl (C=O) groups is 1. The maximum Gasteiger partial charge on any atom is 0.329 e. The fourth-order valence-electron chi connectivity index (χ4n) is 1.01. The zero-order chi connectivity index (χ0) is 10.4. The lowest BCUT2D eigenvalue weighted by atomic mass is 10.3. The van der Waals surface area contributed by atoms with Crippen molar-refractivity contribution in [2.45, 2.75) is 6.42 Å². The number of hydrogen-bond donors (Lipinski definition) is 1. The van der Waals surface area contributed by atoms with Crippen LogP contribution in [0.1, 0.15) is 5.69 Å². The Morgan fingerprint density at radius 3 is 3.14 bits per heavy atom. The van der Waals surface area contributed by atoms with Gasteiger partial charge in [-0.05, 0) is 0 Å². The van der Waals surface area contributed by atoms with Crippen molar-refractivity contribution in [3.05, 3.63) is 24.3 Å². The van der Waals surface area contributed by atoms with Crippen molar-refractivity contribution in [2.24, 2.45) is 7.05 Å². The van der Waals surface area contributed by atoms with Gasteiger partial charge in [0.25, 0.3) is 0 Å². The molecular formula is C9H13N2O3+. The van der Waals surface area contributed by atoms with Gasteiger partial charge in [0.15, 0.2) is 12.4 Å². The molecule has 5 heteroatoms. The zero-order valence-corrected chi connectivity index (χ0v) is 8.01. The lowest BCUT2D eigenvalue weighted by molar-refractivity contribution is -0.672. The van der Waals surface area contributed by atoms with Crippen molar-refractivity contribution in [2.75, 3.05) is 13.2 Å². The highest BCUT2D eigenvalue weighted by Gasteiger charge is 2.01. The maximum atomic E-state index is 10.1. The zero-order valence-electron chi connectivity index (χ0n) is 8.01. The average molecular weight is 197 g/mol. The quantitative estimate of drug-likeness (QED) is 0.513. The molecule has 76 valence electrons. The molecule has 1 heterocycles. The lowest BCUT2D eigenvalue weighted by Gasteiger charge is -1.99. The predicted molar refractivity (Wildman–Crippen MR) is 47.6 cm³/mol. The standard InChI is InChI=1S/C9H12N2O3/c1-11-4-3-10-8(6-11)2-5-14-7-9(12)13/h3-4,6H,2,5,7H2,1H3/p+1. The minimum absolute atomic E-state index is 0.251. The van der Waals surface area contributed by atoms with Gasteiger partial charge in [-0.3, -0.25) is 0 Å². The van der Waals surface area contributed by atoms with Crippen LogP contribution in [-0.2, 0) is 23.0 Å². The summed E-state index contributed by atoms with van der Waals surface area (Å²) in [6.45, 7) is 0.127. The molecule has 0 aliphatic rings. The highest BCUT2D eigenvalue weighted by Crippen LogP contribution is 1.90. The third-order valence-corrected chi connectivity index (χ3v) is 1.62. The molecule has 0 fully saturated rings. The molecule has 5 nitrogen and oxygen atoms in total. The Labute approximate surface area is 82.0 Å². The van der Waals surface area contributed by atoms with Crippen molar-refractivity contribution in [1.29, 1.82) is 0 Å². The molecular weight excluding hydrogens is 184 g/mol. The van der Waals surface area contributed by atoms with Crippen LogP contribution in [0.3, 0.4) is 0 Å². The highest BCUT2D eigenvalue weighted by molar-refractivity contribution is 5.67. The van der Waals surface area contributed by atoms with Crippen molar-refractivity contribution in [1.82, 2.24) is 4.98 Å². The fourth-order valence-corrected chi connectivity index (χ4v) is 1.01. The van der Waals surface area contributed by atoms with Gasteiger partial charge in [0.1, 0.15) is 19.3 Å². The first-order chi connectivity index (χ1) is 6.68. The second kappa shape index (κ2) is 5.29. The Bertz CT molecular complexity index is 315. The Balaban J connectivity index is 2.28. The molecule has 1 aromatic rings. The molecule has 0 unspecified atom stereocenters. The maximum absolute atomic E-state index is 10.1. The van der Waals surface area contributed by atoms with E-state index in [9.17, 15) is 4.79 Å². The third kappa shape index (κ3) is 3.95. The molecule has 0 atom stereocenters. The summed E-state index contributed by atoms with van der Waals surface area (Å²) in [6, 6.07) is 0. The number of carboxylic acid groups (broad SMARTS) is 1. The molecule has 0 saturated heterocycles. The lowest BCUT2D eigenvalue weighted by Crippen LogP contribution is -2.28. The molecule has 14 heavy (non-hydrogen) atoms. The van der Waals surface area contributed by atoms with E-state index in [2.05, 4.69) is 4.98 Å². The van der Waals surface area contributed by atoms with E-state index >= 15 is 0 Å². The van der Waals surface area contributed by atoms with Crippen LogP contribution < -0.4 is 4.57 Å². The van der Waals surface area contributed by atoms with Crippen LogP contribution in [0.2, 0.25) is 0 Å². The number of hydrogen-bond acceptors (Lipinski definition) is 3. The number of aliphatic carboxylic acids is 1. The summed E-state index contributed by atoms with van der Waals surface area (Å²) < 4.78 is 6.78. The summed E-state index contributed by atoms with van der Waals surface area (Å²) in [5.74, 6) is -0.948. The highest BCUT2D eigenvalue weighted by atomic mass is 16.5. The van der Waals surface area contributed by atoms with Gasteiger partial charge in [-0.25, -0.2) is 14.3 Å². The molecule has 0 aliphatic carbocycles. The Morgan fingerprint density at radius 1 is 1.71 bits per heavy atom. The van der Waals surface area contributed by atoms with E-state index in [4.69, 9.17) is 9.84 Å². The topological polar surface area (TPSA) is 63.3 Å². The van der Waals surface area contributed by atoms with Crippen LogP contribution in [0.25, 0.3) is 0 Å². The normalized spacial score (nSPS) is 10.1. The molecule has 0 aromatic carbocycles. The van der Waals surface area contributed by atoms with Crippen LogP contribution in [-0.4, -0.2) is 29.3 Å². The van der Waals surface area contributed by atoms with Gasteiger partial charge in [-0.2, -0.15) is 0 Å². The second-order valence-electron chi connectivity index (χ2n) is 2.91. The first-order valence-corrected chi connectivity index (χ1v) is 4.28. The van der Waals surface area contributed by atoms with Gasteiger partial charge in [-0.1, -0.05) is 0 Å². The van der Waals surface area contributed by atoms with Crippen LogP contribution in [0.5, 0.6) is 0 Å². The summed E-state index contributed by atoms with van der Waals surface area (Å²) >= 11 is 0. The summed E-state index contributed by atoms with van der Waals surface area (Å²) in [5.41, 5.74) is 0.889. The molecule has 1 rings (SSSR count). The molecule has 0 saturated carbocycles. The monoisotopic (exact) mass is 197 g/mol. The average Bonchev–Trinajstić information content (AvgIpc) is 2.12. The predicted octanol–water partition coefficient (Wildman–Crippen LogP) is -0.450. The van der Waals surface area contributed by atoms with Gasteiger partial charge in [-0.15, -0.1) is 0 Å². The number of rotatable bonds is 5. The molecule has 0 aliphatic heterocycles. The molecule has 0 spiro atoms. The Morgan fingerprint density at radius 2 is 2.50 bits per heavy atom. The molecule has 1 N–H and O–H groups in total. The summed E-state index contributed by atoms with van der Waals surface area (Å²) in [4.78, 5) is 14.2. The summed E-state index contributed by atoms with van der Waals surface area (Å²) in [7, 11) is 1.91. The summed E-state index contributed by atoms with van der Waals surface area (Å²) in [5, 5.41) is 8.31. The van der Waals surface area contributed by atoms with Gasteiger partial charge in [0.2, 0.25) is 0 Å². The van der Waals surface area contributed by atoms with Crippen molar-refractivity contribution in [3.63, 3.8) is 0 Å². The number of nitrogens with zero attached hydrogens (tertiary/aromatic N) is 2. The SMILES string of the molecule is C[n+]1ccnc(CCOCC(=O)O)c1. The van der Waals surface area contributed by atoms with Crippen molar-refractivity contribution in [3.8, 4) is 0 Å². The minimum atomic E-state index is -0.948. The Hall–Kier alpha value is -1.49. The molecule has 1 aromatic heterocycles. The smallest absolute Gasteiger partial charge is 0.329 e. The van der Waals surface area contributed by atoms with Gasteiger partial charge >= 0.3 is 5.97 Å². The molecule has 0 bridgehead atoms. The van der Waals surface area contributed by atoms with Crippen LogP contribution in [0, 0.1) is 0 Å². The van der Waals surface area contributed by atoms with Gasteiger partial charge in [0.05, 0.1) is 12.8 Å². The third-order valence-electron chi connectivity index (χ3n) is 1.62. The summed E-state index contributed by atoms with van der Waals surface area (Å²) in [6.07, 6.45) is 6.04. The van der Waals surface area contributed by atoms with E-state index in [-0.39, 0.29) is 6.61 Å². The van der Waals surface area contributed by atoms with E-state index < -0.39 is 5.97 Å². The number of aromatic nitrogens is 2. The van der Waals surface area contributed by atoms with Crippen LogP contribution >= 0.6 is 0 Å². The molecule has 0 amide bonds.